The Morgan fingerprint density at radius 1 is 0.688 bits per heavy atom. The summed E-state index contributed by atoms with van der Waals surface area (Å²) in [5.74, 6) is 0. The number of fused-ring (bicyclic) bond motifs is 1. The van der Waals surface area contributed by atoms with Crippen LogP contribution in [-0.4, -0.2) is 4.98 Å². The van der Waals surface area contributed by atoms with E-state index in [4.69, 9.17) is 0 Å². The van der Waals surface area contributed by atoms with Crippen molar-refractivity contribution in [3.63, 3.8) is 0 Å². The summed E-state index contributed by atoms with van der Waals surface area (Å²) in [6, 6.07) is 26.4. The van der Waals surface area contributed by atoms with E-state index in [9.17, 15) is 0 Å². The van der Waals surface area contributed by atoms with Gasteiger partial charge in [0, 0.05) is 29.6 Å². The molecule has 0 aliphatic heterocycles. The minimum atomic E-state index is 1.14. The maximum Gasteiger partial charge on any atom is 0.220 e. The lowest BCUT2D eigenvalue weighted by atomic mass is 9.91. The summed E-state index contributed by atoms with van der Waals surface area (Å²) in [6.07, 6.45) is 5.89. The Hall–Kier alpha value is -3.78. The van der Waals surface area contributed by atoms with E-state index in [2.05, 4.69) is 110 Å². The van der Waals surface area contributed by atoms with E-state index in [0.717, 1.165) is 5.56 Å². The molecule has 3 aromatic carbocycles. The monoisotopic (exact) mass is 415 g/mol. The number of hydrogen-bond acceptors (Lipinski definition) is 1. The lowest BCUT2D eigenvalue weighted by Gasteiger charge is -2.13. The average Bonchev–Trinajstić information content (AvgIpc) is 2.80. The third-order valence-corrected chi connectivity index (χ3v) is 6.38. The molecule has 32 heavy (non-hydrogen) atoms. The van der Waals surface area contributed by atoms with Gasteiger partial charge >= 0.3 is 0 Å². The van der Waals surface area contributed by atoms with Gasteiger partial charge in [0.1, 0.15) is 7.05 Å². The van der Waals surface area contributed by atoms with E-state index in [1.807, 2.05) is 18.5 Å². The van der Waals surface area contributed by atoms with Crippen LogP contribution < -0.4 is 4.57 Å². The van der Waals surface area contributed by atoms with Crippen LogP contribution in [0.4, 0.5) is 0 Å². The van der Waals surface area contributed by atoms with Crippen molar-refractivity contribution < 1.29 is 4.57 Å². The Morgan fingerprint density at radius 2 is 1.47 bits per heavy atom. The third kappa shape index (κ3) is 3.48. The highest BCUT2D eigenvalue weighted by atomic mass is 14.9. The second kappa shape index (κ2) is 8.05. The van der Waals surface area contributed by atoms with Crippen LogP contribution >= 0.6 is 0 Å². The maximum atomic E-state index is 4.27. The first-order valence-electron chi connectivity index (χ1n) is 11.0. The summed E-state index contributed by atoms with van der Waals surface area (Å²) < 4.78 is 2.23. The van der Waals surface area contributed by atoms with Gasteiger partial charge in [-0.3, -0.25) is 4.98 Å². The van der Waals surface area contributed by atoms with Crippen molar-refractivity contribution in [3.05, 3.63) is 108 Å². The number of pyridine rings is 2. The van der Waals surface area contributed by atoms with Crippen LogP contribution in [0.3, 0.4) is 0 Å². The largest absolute Gasteiger partial charge is 0.264 e. The molecule has 0 atom stereocenters. The van der Waals surface area contributed by atoms with Gasteiger partial charge < -0.3 is 0 Å². The second-order valence-corrected chi connectivity index (χ2v) is 8.62. The molecule has 0 aliphatic rings. The van der Waals surface area contributed by atoms with Crippen LogP contribution in [0.25, 0.3) is 44.3 Å². The topological polar surface area (TPSA) is 16.8 Å². The Kier molecular flexibility index (Phi) is 5.07. The normalized spacial score (nSPS) is 11.1. The van der Waals surface area contributed by atoms with Crippen LogP contribution in [0.1, 0.15) is 16.7 Å². The molecule has 2 heterocycles. The van der Waals surface area contributed by atoms with Gasteiger partial charge in [0.2, 0.25) is 5.69 Å². The quantitative estimate of drug-likeness (QED) is 0.290. The number of hydrogen-bond donors (Lipinski definition) is 0. The lowest BCUT2D eigenvalue weighted by molar-refractivity contribution is -0.659. The fraction of sp³-hybridized carbons (Fsp3) is 0.133. The van der Waals surface area contributed by atoms with Crippen molar-refractivity contribution in [3.8, 4) is 33.5 Å². The summed E-state index contributed by atoms with van der Waals surface area (Å²) in [4.78, 5) is 4.27. The molecule has 0 spiro atoms. The molecule has 0 aliphatic carbocycles. The highest BCUT2D eigenvalue weighted by Crippen LogP contribution is 2.34. The van der Waals surface area contributed by atoms with Gasteiger partial charge in [-0.25, -0.2) is 4.57 Å². The molecular formula is C30H27N2+. The molecule has 0 saturated carbocycles. The molecule has 0 bridgehead atoms. The van der Waals surface area contributed by atoms with E-state index in [-0.39, 0.29) is 0 Å². The molecule has 156 valence electrons. The molecule has 5 aromatic rings. The van der Waals surface area contributed by atoms with Crippen LogP contribution in [0.2, 0.25) is 0 Å². The molecule has 0 amide bonds. The Labute approximate surface area is 189 Å². The van der Waals surface area contributed by atoms with Crippen molar-refractivity contribution in [1.29, 1.82) is 0 Å². The molecule has 0 radical (unpaired) electrons. The molecule has 5 rings (SSSR count). The van der Waals surface area contributed by atoms with Crippen molar-refractivity contribution in [2.45, 2.75) is 20.8 Å². The highest BCUT2D eigenvalue weighted by Gasteiger charge is 2.18. The molecular weight excluding hydrogens is 388 g/mol. The van der Waals surface area contributed by atoms with Gasteiger partial charge in [0.15, 0.2) is 6.20 Å². The van der Waals surface area contributed by atoms with Gasteiger partial charge in [0.05, 0.1) is 5.39 Å². The fourth-order valence-electron chi connectivity index (χ4n) is 4.78. The number of aromatic nitrogens is 2. The first kappa shape index (κ1) is 20.1. The van der Waals surface area contributed by atoms with Gasteiger partial charge in [-0.1, -0.05) is 42.5 Å². The maximum absolute atomic E-state index is 4.27. The molecule has 2 heteroatoms. The van der Waals surface area contributed by atoms with Crippen molar-refractivity contribution >= 4 is 10.8 Å². The average molecular weight is 416 g/mol. The first-order valence-corrected chi connectivity index (χ1v) is 11.0. The van der Waals surface area contributed by atoms with Gasteiger partial charge in [-0.05, 0) is 83.8 Å². The smallest absolute Gasteiger partial charge is 0.220 e. The third-order valence-electron chi connectivity index (χ3n) is 6.38. The zero-order valence-electron chi connectivity index (χ0n) is 19.1. The molecule has 0 unspecified atom stereocenters. The van der Waals surface area contributed by atoms with E-state index in [1.54, 1.807) is 0 Å². The van der Waals surface area contributed by atoms with Crippen molar-refractivity contribution in [2.75, 3.05) is 0 Å². The minimum absolute atomic E-state index is 1.14. The SMILES string of the molecule is Cc1cc(-c2c(C)cccc2C)ccc1-c1c2ccc(-c3cccnc3)cc2cc[n+]1C. The molecule has 0 fully saturated rings. The second-order valence-electron chi connectivity index (χ2n) is 8.62. The van der Waals surface area contributed by atoms with E-state index >= 15 is 0 Å². The number of benzene rings is 3. The zero-order valence-corrected chi connectivity index (χ0v) is 19.1. The predicted molar refractivity (Wildman–Crippen MR) is 133 cm³/mol. The minimum Gasteiger partial charge on any atom is -0.264 e. The van der Waals surface area contributed by atoms with Gasteiger partial charge in [0.25, 0.3) is 0 Å². The number of aryl methyl sites for hydroxylation is 4. The Balaban J connectivity index is 1.65. The predicted octanol–water partition coefficient (Wildman–Crippen LogP) is 6.99. The van der Waals surface area contributed by atoms with Gasteiger partial charge in [-0.2, -0.15) is 0 Å². The molecule has 0 N–H and O–H groups in total. The standard InChI is InChI=1S/C30H27N2/c1-20-7-5-8-21(2)29(20)25-11-12-27(22(3)17-25)30-28-13-10-23(26-9-6-15-31-19-26)18-24(28)14-16-32(30)4/h5-19H,1-4H3/q+1. The zero-order chi connectivity index (χ0) is 22.2. The Morgan fingerprint density at radius 3 is 2.19 bits per heavy atom. The van der Waals surface area contributed by atoms with Crippen LogP contribution in [0.15, 0.2) is 91.4 Å². The Bertz CT molecular complexity index is 1430. The highest BCUT2D eigenvalue weighted by molar-refractivity contribution is 5.96. The summed E-state index contributed by atoms with van der Waals surface area (Å²) in [7, 11) is 2.13. The lowest BCUT2D eigenvalue weighted by Crippen LogP contribution is -2.30. The van der Waals surface area contributed by atoms with Crippen LogP contribution in [0.5, 0.6) is 0 Å². The van der Waals surface area contributed by atoms with Crippen LogP contribution in [-0.2, 0) is 7.05 Å². The molecule has 0 saturated heterocycles. The fourth-order valence-corrected chi connectivity index (χ4v) is 4.78. The summed E-state index contributed by atoms with van der Waals surface area (Å²) >= 11 is 0. The summed E-state index contributed by atoms with van der Waals surface area (Å²) in [6.45, 7) is 6.60. The van der Waals surface area contributed by atoms with Gasteiger partial charge in [-0.15, -0.1) is 0 Å². The van der Waals surface area contributed by atoms with E-state index in [1.165, 1.54) is 55.4 Å². The molecule has 2 nitrogen and oxygen atoms in total. The first-order chi connectivity index (χ1) is 15.5. The van der Waals surface area contributed by atoms with Crippen molar-refractivity contribution in [2.24, 2.45) is 7.05 Å². The van der Waals surface area contributed by atoms with E-state index in [0.29, 0.717) is 0 Å². The summed E-state index contributed by atoms with van der Waals surface area (Å²) in [5.41, 5.74) is 11.4. The summed E-state index contributed by atoms with van der Waals surface area (Å²) in [5, 5.41) is 2.49. The molecule has 2 aromatic heterocycles. The number of rotatable bonds is 3. The van der Waals surface area contributed by atoms with E-state index < -0.39 is 0 Å². The number of nitrogens with zero attached hydrogens (tertiary/aromatic N) is 2. The van der Waals surface area contributed by atoms with Crippen LogP contribution in [0, 0.1) is 20.8 Å². The van der Waals surface area contributed by atoms with Crippen molar-refractivity contribution in [1.82, 2.24) is 4.98 Å².